The molecular formula is C29H34N10O2. The molecule has 1 aliphatic heterocycles. The van der Waals surface area contributed by atoms with Crippen molar-refractivity contribution in [2.45, 2.75) is 51.3 Å². The first-order chi connectivity index (χ1) is 20.1. The Labute approximate surface area is 237 Å². The van der Waals surface area contributed by atoms with Crippen molar-refractivity contribution >= 4 is 16.7 Å². The number of nitrogens with zero attached hydrogens (tertiary/aromatic N) is 10. The molecule has 212 valence electrons. The van der Waals surface area contributed by atoms with Crippen molar-refractivity contribution in [1.82, 2.24) is 44.3 Å². The molecule has 0 radical (unpaired) electrons. The summed E-state index contributed by atoms with van der Waals surface area (Å²) in [5.41, 5.74) is 3.97. The number of hydrogen-bond donors (Lipinski definition) is 0. The lowest BCUT2D eigenvalue weighted by Gasteiger charge is -2.31. The second-order valence-corrected chi connectivity index (χ2v) is 10.9. The molecule has 2 fully saturated rings. The quantitative estimate of drug-likeness (QED) is 0.298. The van der Waals surface area contributed by atoms with Gasteiger partial charge in [-0.1, -0.05) is 0 Å². The first-order valence-corrected chi connectivity index (χ1v) is 14.3. The smallest absolute Gasteiger partial charge is 0.225 e. The topological polar surface area (TPSA) is 114 Å². The van der Waals surface area contributed by atoms with Crippen LogP contribution in [0.15, 0.2) is 49.2 Å². The minimum Gasteiger partial charge on any atom is -0.474 e. The number of fused-ring (bicyclic) bond motifs is 1. The zero-order chi connectivity index (χ0) is 27.8. The number of hydrogen-bond acceptors (Lipinski definition) is 9. The van der Waals surface area contributed by atoms with Gasteiger partial charge >= 0.3 is 0 Å². The van der Waals surface area contributed by atoms with Gasteiger partial charge in [0.25, 0.3) is 0 Å². The predicted molar refractivity (Wildman–Crippen MR) is 153 cm³/mol. The van der Waals surface area contributed by atoms with Gasteiger partial charge < -0.3 is 23.5 Å². The monoisotopic (exact) mass is 554 g/mol. The molecule has 41 heavy (non-hydrogen) atoms. The van der Waals surface area contributed by atoms with Gasteiger partial charge in [-0.2, -0.15) is 4.98 Å². The molecule has 1 saturated heterocycles. The molecule has 1 saturated carbocycles. The van der Waals surface area contributed by atoms with Gasteiger partial charge in [-0.15, -0.1) is 5.10 Å². The van der Waals surface area contributed by atoms with E-state index in [0.29, 0.717) is 37.5 Å². The van der Waals surface area contributed by atoms with Gasteiger partial charge in [0, 0.05) is 67.8 Å². The van der Waals surface area contributed by atoms with Crippen LogP contribution in [0.2, 0.25) is 0 Å². The fourth-order valence-corrected chi connectivity index (χ4v) is 5.85. The third kappa shape index (κ3) is 5.15. The van der Waals surface area contributed by atoms with Crippen molar-refractivity contribution in [3.63, 3.8) is 0 Å². The van der Waals surface area contributed by atoms with E-state index in [9.17, 15) is 0 Å². The van der Waals surface area contributed by atoms with Crippen LogP contribution in [-0.4, -0.2) is 76.7 Å². The second-order valence-electron chi connectivity index (χ2n) is 10.9. The Kier molecular flexibility index (Phi) is 6.83. The second kappa shape index (κ2) is 10.9. The van der Waals surface area contributed by atoms with Crippen LogP contribution >= 0.6 is 0 Å². The Morgan fingerprint density at radius 2 is 1.93 bits per heavy atom. The summed E-state index contributed by atoms with van der Waals surface area (Å²) in [5, 5.41) is 13.5. The van der Waals surface area contributed by atoms with Crippen LogP contribution < -0.4 is 9.64 Å². The van der Waals surface area contributed by atoms with Gasteiger partial charge in [0.05, 0.1) is 37.0 Å². The summed E-state index contributed by atoms with van der Waals surface area (Å²) in [6.45, 7) is 5.59. The molecule has 12 nitrogen and oxygen atoms in total. The molecular weight excluding hydrogens is 520 g/mol. The highest BCUT2D eigenvalue weighted by Crippen LogP contribution is 2.35. The maximum absolute atomic E-state index is 6.69. The summed E-state index contributed by atoms with van der Waals surface area (Å²) in [7, 11) is 2.05. The van der Waals surface area contributed by atoms with Crippen molar-refractivity contribution < 1.29 is 9.47 Å². The van der Waals surface area contributed by atoms with Gasteiger partial charge in [-0.3, -0.25) is 4.98 Å². The van der Waals surface area contributed by atoms with Crippen LogP contribution in [0.1, 0.15) is 43.1 Å². The molecule has 6 heterocycles. The van der Waals surface area contributed by atoms with Gasteiger partial charge in [0.1, 0.15) is 11.9 Å². The maximum Gasteiger partial charge on any atom is 0.225 e. The van der Waals surface area contributed by atoms with Crippen molar-refractivity contribution in [2.24, 2.45) is 7.05 Å². The van der Waals surface area contributed by atoms with Crippen LogP contribution in [-0.2, 0) is 18.3 Å². The molecule has 1 aliphatic carbocycles. The van der Waals surface area contributed by atoms with E-state index in [1.165, 1.54) is 5.69 Å². The molecule has 2 aliphatic rings. The molecule has 5 aromatic heterocycles. The maximum atomic E-state index is 6.69. The fourth-order valence-electron chi connectivity index (χ4n) is 5.85. The van der Waals surface area contributed by atoms with E-state index in [4.69, 9.17) is 19.4 Å². The third-order valence-electron chi connectivity index (χ3n) is 8.41. The average Bonchev–Trinajstić information content (AvgIpc) is 3.78. The number of aromatic nitrogens is 9. The average molecular weight is 555 g/mol. The summed E-state index contributed by atoms with van der Waals surface area (Å²) < 4.78 is 18.4. The number of ether oxygens (including phenoxy) is 2. The van der Waals surface area contributed by atoms with Gasteiger partial charge in [-0.25, -0.2) is 9.67 Å². The molecule has 5 aromatic rings. The first kappa shape index (κ1) is 25.6. The lowest BCUT2D eigenvalue weighted by molar-refractivity contribution is 0.121. The Morgan fingerprint density at radius 1 is 1.07 bits per heavy atom. The largest absolute Gasteiger partial charge is 0.474 e. The van der Waals surface area contributed by atoms with Crippen molar-refractivity contribution in [3.05, 3.63) is 60.6 Å². The Hall–Kier alpha value is -4.32. The molecule has 0 atom stereocenters. The van der Waals surface area contributed by atoms with Crippen LogP contribution in [0.5, 0.6) is 5.88 Å². The normalized spacial score (nSPS) is 19.6. The summed E-state index contributed by atoms with van der Waals surface area (Å²) in [5.74, 6) is 2.14. The molecule has 0 unspecified atom stereocenters. The molecule has 0 aromatic carbocycles. The molecule has 0 bridgehead atoms. The zero-order valence-corrected chi connectivity index (χ0v) is 23.4. The van der Waals surface area contributed by atoms with Crippen molar-refractivity contribution in [1.29, 1.82) is 0 Å². The minimum atomic E-state index is 0.0833. The molecule has 0 amide bonds. The number of morpholine rings is 1. The van der Waals surface area contributed by atoms with Crippen LogP contribution in [0.25, 0.3) is 22.3 Å². The lowest BCUT2D eigenvalue weighted by atomic mass is 9.93. The van der Waals surface area contributed by atoms with E-state index >= 15 is 0 Å². The van der Waals surface area contributed by atoms with Crippen LogP contribution in [0.3, 0.4) is 0 Å². The Balaban J connectivity index is 1.21. The molecule has 7 rings (SSSR count). The number of imidazole rings is 1. The molecule has 12 heteroatoms. The highest BCUT2D eigenvalue weighted by Gasteiger charge is 2.26. The summed E-state index contributed by atoms with van der Waals surface area (Å²) in [6, 6.07) is 8.76. The van der Waals surface area contributed by atoms with Crippen molar-refractivity contribution in [3.8, 4) is 17.3 Å². The standard InChI is InChI=1S/C29H34N10O2/c1-20-3-4-23(36(20)2)18-39-28(33-34-35-39)21-15-25-26(31-17-21)16-27(37-11-13-40-14-12-37)32-29(25)41-24-7-5-22(6-8-24)38-10-9-30-19-38/h3-4,9-10,15-17,19,22,24H,5-8,11-14,18H2,1-2H3/t22-,24+. The number of tetrazole rings is 1. The highest BCUT2D eigenvalue weighted by molar-refractivity contribution is 5.88. The van der Waals surface area contributed by atoms with E-state index < -0.39 is 0 Å². The van der Waals surface area contributed by atoms with E-state index in [1.807, 2.05) is 35.7 Å². The minimum absolute atomic E-state index is 0.0833. The van der Waals surface area contributed by atoms with Gasteiger partial charge in [0.15, 0.2) is 5.82 Å². The summed E-state index contributed by atoms with van der Waals surface area (Å²) in [4.78, 5) is 16.4. The number of pyridine rings is 2. The fraction of sp³-hybridized carbons (Fsp3) is 0.448. The van der Waals surface area contributed by atoms with Crippen LogP contribution in [0.4, 0.5) is 5.82 Å². The SMILES string of the molecule is Cc1ccc(Cn2nnnc2-c2cnc3cc(N4CCOCC4)nc(O[C@H]4CC[C@@H](n5ccnc5)CC4)c3c2)n1C. The number of anilines is 1. The highest BCUT2D eigenvalue weighted by atomic mass is 16.5. The van der Waals surface area contributed by atoms with E-state index in [-0.39, 0.29) is 6.10 Å². The van der Waals surface area contributed by atoms with E-state index in [0.717, 1.165) is 66.8 Å². The van der Waals surface area contributed by atoms with E-state index in [1.54, 1.807) is 0 Å². The molecule has 0 N–H and O–H groups in total. The van der Waals surface area contributed by atoms with Crippen LogP contribution in [0, 0.1) is 6.92 Å². The number of rotatable bonds is 7. The first-order valence-electron chi connectivity index (χ1n) is 14.3. The molecule has 0 spiro atoms. The number of aryl methyl sites for hydroxylation is 1. The Bertz CT molecular complexity index is 1630. The summed E-state index contributed by atoms with van der Waals surface area (Å²) >= 11 is 0. The third-order valence-corrected chi connectivity index (χ3v) is 8.41. The lowest BCUT2D eigenvalue weighted by Crippen LogP contribution is -2.36. The zero-order valence-electron chi connectivity index (χ0n) is 23.4. The van der Waals surface area contributed by atoms with Gasteiger partial charge in [0.2, 0.25) is 5.88 Å². The van der Waals surface area contributed by atoms with E-state index in [2.05, 4.69) is 66.7 Å². The predicted octanol–water partition coefficient (Wildman–Crippen LogP) is 3.57. The van der Waals surface area contributed by atoms with Crippen molar-refractivity contribution in [2.75, 3.05) is 31.2 Å². The Morgan fingerprint density at radius 3 is 2.68 bits per heavy atom. The summed E-state index contributed by atoms with van der Waals surface area (Å²) in [6.07, 6.45) is 11.7. The van der Waals surface area contributed by atoms with Gasteiger partial charge in [-0.05, 0) is 61.2 Å².